The summed E-state index contributed by atoms with van der Waals surface area (Å²) in [6.45, 7) is 1.77. The largest absolute Gasteiger partial charge is 0.504 e. The number of aryl methyl sites for hydroxylation is 1. The number of aromatic hydroxyl groups is 1. The Morgan fingerprint density at radius 3 is 2.72 bits per heavy atom. The number of hydrazone groups is 1. The molecule has 9 nitrogen and oxygen atoms in total. The van der Waals surface area contributed by atoms with E-state index in [1.165, 1.54) is 18.4 Å². The fourth-order valence-corrected chi connectivity index (χ4v) is 3.44. The van der Waals surface area contributed by atoms with Gasteiger partial charge in [-0.25, -0.2) is 10.4 Å². The summed E-state index contributed by atoms with van der Waals surface area (Å²) in [5.41, 5.74) is 3.11. The van der Waals surface area contributed by atoms with Gasteiger partial charge in [0.1, 0.15) is 10.7 Å². The molecule has 10 heteroatoms. The lowest BCUT2D eigenvalue weighted by Gasteiger charge is -2.05. The predicted molar refractivity (Wildman–Crippen MR) is 109 cm³/mol. The number of benzene rings is 2. The lowest BCUT2D eigenvalue weighted by Crippen LogP contribution is -2.19. The molecule has 0 unspecified atom stereocenters. The number of hydrogen-bond acceptors (Lipinski definition) is 8. The Morgan fingerprint density at radius 1 is 1.34 bits per heavy atom. The molecule has 0 fully saturated rings. The van der Waals surface area contributed by atoms with Crippen molar-refractivity contribution in [1.29, 1.82) is 0 Å². The second kappa shape index (κ2) is 8.48. The molecule has 0 saturated heterocycles. The van der Waals surface area contributed by atoms with Crippen molar-refractivity contribution in [2.24, 2.45) is 5.10 Å². The number of nitro benzene ring substituents is 1. The van der Waals surface area contributed by atoms with E-state index in [1.807, 2.05) is 30.3 Å². The number of nitrogens with one attached hydrogen (secondary N) is 1. The number of nitro groups is 1. The van der Waals surface area contributed by atoms with Gasteiger partial charge in [0.25, 0.3) is 11.6 Å². The first-order chi connectivity index (χ1) is 13.9. The molecule has 1 amide bonds. The van der Waals surface area contributed by atoms with Crippen molar-refractivity contribution in [1.82, 2.24) is 10.4 Å². The van der Waals surface area contributed by atoms with Crippen molar-refractivity contribution in [2.75, 3.05) is 7.11 Å². The third-order valence-electron chi connectivity index (χ3n) is 3.93. The quantitative estimate of drug-likeness (QED) is 0.362. The van der Waals surface area contributed by atoms with Crippen LogP contribution in [-0.4, -0.2) is 34.2 Å². The van der Waals surface area contributed by atoms with Gasteiger partial charge >= 0.3 is 0 Å². The van der Waals surface area contributed by atoms with E-state index >= 15 is 0 Å². The minimum Gasteiger partial charge on any atom is -0.504 e. The van der Waals surface area contributed by atoms with Crippen LogP contribution in [-0.2, 0) is 0 Å². The molecule has 3 rings (SSSR count). The number of hydrogen-bond donors (Lipinski definition) is 2. The molecular formula is C19H16N4O5S. The molecule has 29 heavy (non-hydrogen) atoms. The van der Waals surface area contributed by atoms with Crippen molar-refractivity contribution in [3.8, 4) is 22.1 Å². The molecule has 1 heterocycles. The fraction of sp³-hybridized carbons (Fsp3) is 0.105. The van der Waals surface area contributed by atoms with Crippen LogP contribution in [0.2, 0.25) is 0 Å². The van der Waals surface area contributed by atoms with Crippen molar-refractivity contribution in [3.05, 3.63) is 68.7 Å². The zero-order chi connectivity index (χ0) is 21.0. The summed E-state index contributed by atoms with van der Waals surface area (Å²) < 4.78 is 4.87. The van der Waals surface area contributed by atoms with Crippen LogP contribution in [0.5, 0.6) is 11.5 Å². The van der Waals surface area contributed by atoms with E-state index < -0.39 is 10.8 Å². The highest BCUT2D eigenvalue weighted by molar-refractivity contribution is 7.15. The van der Waals surface area contributed by atoms with E-state index in [-0.39, 0.29) is 28.4 Å². The highest BCUT2D eigenvalue weighted by atomic mass is 32.1. The Kier molecular flexibility index (Phi) is 5.84. The van der Waals surface area contributed by atoms with E-state index in [4.69, 9.17) is 4.74 Å². The van der Waals surface area contributed by atoms with Gasteiger partial charge in [0, 0.05) is 10.4 Å². The fourth-order valence-electron chi connectivity index (χ4n) is 2.52. The Bertz CT molecular complexity index is 1100. The third kappa shape index (κ3) is 4.38. The number of ether oxygens (including phenoxy) is 1. The molecule has 1 aromatic heterocycles. The summed E-state index contributed by atoms with van der Waals surface area (Å²) in [6.07, 6.45) is 1.08. The van der Waals surface area contributed by atoms with Crippen molar-refractivity contribution < 1.29 is 19.6 Å². The molecule has 0 saturated carbocycles. The highest BCUT2D eigenvalue weighted by Gasteiger charge is 2.18. The van der Waals surface area contributed by atoms with Gasteiger partial charge in [-0.1, -0.05) is 30.3 Å². The molecule has 0 atom stereocenters. The summed E-state index contributed by atoms with van der Waals surface area (Å²) in [4.78, 5) is 28.0. The van der Waals surface area contributed by atoms with Gasteiger partial charge in [-0.2, -0.15) is 5.10 Å². The summed E-state index contributed by atoms with van der Waals surface area (Å²) in [5, 5.41) is 25.5. The second-order valence-electron chi connectivity index (χ2n) is 5.83. The topological polar surface area (TPSA) is 127 Å². The smallest absolute Gasteiger partial charge is 0.291 e. The first-order valence-electron chi connectivity index (χ1n) is 8.32. The van der Waals surface area contributed by atoms with Crippen LogP contribution in [0.1, 0.15) is 20.9 Å². The van der Waals surface area contributed by atoms with E-state index in [0.29, 0.717) is 9.88 Å². The van der Waals surface area contributed by atoms with Crippen LogP contribution in [0.25, 0.3) is 10.6 Å². The number of aromatic nitrogens is 1. The third-order valence-corrected chi connectivity index (χ3v) is 4.95. The molecular weight excluding hydrogens is 396 g/mol. The molecule has 0 bridgehead atoms. The van der Waals surface area contributed by atoms with Crippen LogP contribution in [0.4, 0.5) is 5.69 Å². The van der Waals surface area contributed by atoms with Crippen LogP contribution in [0.15, 0.2) is 47.6 Å². The van der Waals surface area contributed by atoms with Crippen LogP contribution in [0.3, 0.4) is 0 Å². The summed E-state index contributed by atoms with van der Waals surface area (Å²) in [5.74, 6) is -0.865. The second-order valence-corrected chi connectivity index (χ2v) is 7.03. The molecule has 0 radical (unpaired) electrons. The summed E-state index contributed by atoms with van der Waals surface area (Å²) in [7, 11) is 1.28. The molecule has 2 aromatic carbocycles. The monoisotopic (exact) mass is 412 g/mol. The van der Waals surface area contributed by atoms with Crippen LogP contribution >= 0.6 is 11.3 Å². The van der Waals surface area contributed by atoms with E-state index in [9.17, 15) is 20.0 Å². The number of phenols is 1. The van der Waals surface area contributed by atoms with Crippen molar-refractivity contribution in [2.45, 2.75) is 6.92 Å². The SMILES string of the molecule is COc1cc([N+](=O)[O-])c(/C=N\NC(=O)c2nc(-c3ccccc3)sc2C)cc1O. The van der Waals surface area contributed by atoms with Crippen LogP contribution in [0, 0.1) is 17.0 Å². The molecule has 2 N–H and O–H groups in total. The minimum absolute atomic E-state index is 0.00794. The number of amides is 1. The zero-order valence-electron chi connectivity index (χ0n) is 15.4. The highest BCUT2D eigenvalue weighted by Crippen LogP contribution is 2.32. The van der Waals surface area contributed by atoms with E-state index in [2.05, 4.69) is 15.5 Å². The Balaban J connectivity index is 1.79. The molecule has 3 aromatic rings. The zero-order valence-corrected chi connectivity index (χ0v) is 16.3. The first kappa shape index (κ1) is 20.0. The molecule has 0 aliphatic rings. The minimum atomic E-state index is -0.637. The van der Waals surface area contributed by atoms with Crippen molar-refractivity contribution >= 4 is 29.1 Å². The van der Waals surface area contributed by atoms with Crippen LogP contribution < -0.4 is 10.2 Å². The number of rotatable bonds is 6. The van der Waals surface area contributed by atoms with Gasteiger partial charge < -0.3 is 9.84 Å². The first-order valence-corrected chi connectivity index (χ1v) is 9.14. The number of thiazole rings is 1. The number of methoxy groups -OCH3 is 1. The van der Waals surface area contributed by atoms with Gasteiger partial charge in [0.15, 0.2) is 11.5 Å². The maximum Gasteiger partial charge on any atom is 0.291 e. The Labute approximate surface area is 169 Å². The van der Waals surface area contributed by atoms with Gasteiger partial charge in [-0.05, 0) is 13.0 Å². The molecule has 0 aliphatic carbocycles. The van der Waals surface area contributed by atoms with Gasteiger partial charge in [-0.15, -0.1) is 11.3 Å². The van der Waals surface area contributed by atoms with Gasteiger partial charge in [0.2, 0.25) is 0 Å². The van der Waals surface area contributed by atoms with Crippen molar-refractivity contribution in [3.63, 3.8) is 0 Å². The standard InChI is InChI=1S/C19H16N4O5S/c1-11-17(21-19(29-11)12-6-4-3-5-7-12)18(25)22-20-10-13-8-15(24)16(28-2)9-14(13)23(26)27/h3-10,24H,1-2H3,(H,22,25)/b20-10-. The molecule has 148 valence electrons. The number of nitrogens with zero attached hydrogens (tertiary/aromatic N) is 3. The molecule has 0 aliphatic heterocycles. The van der Waals surface area contributed by atoms with E-state index in [0.717, 1.165) is 23.9 Å². The summed E-state index contributed by atoms with van der Waals surface area (Å²) >= 11 is 1.38. The average molecular weight is 412 g/mol. The molecule has 0 spiro atoms. The number of phenolic OH excluding ortho intramolecular Hbond substituents is 1. The van der Waals surface area contributed by atoms with Gasteiger partial charge in [-0.3, -0.25) is 14.9 Å². The summed E-state index contributed by atoms with van der Waals surface area (Å²) in [6, 6.07) is 11.7. The van der Waals surface area contributed by atoms with E-state index in [1.54, 1.807) is 6.92 Å². The van der Waals surface area contributed by atoms with Gasteiger partial charge in [0.05, 0.1) is 29.9 Å². The maximum atomic E-state index is 12.4. The lowest BCUT2D eigenvalue weighted by atomic mass is 10.1. The average Bonchev–Trinajstić information content (AvgIpc) is 3.10. The number of carbonyl (C=O) groups is 1. The normalized spacial score (nSPS) is 10.8. The number of carbonyl (C=O) groups excluding carboxylic acids is 1. The Morgan fingerprint density at radius 2 is 2.07 bits per heavy atom. The lowest BCUT2D eigenvalue weighted by molar-refractivity contribution is -0.385. The predicted octanol–water partition coefficient (Wildman–Crippen LogP) is 3.50. The maximum absolute atomic E-state index is 12.4. The Hall–Kier alpha value is -3.79.